The normalized spacial score (nSPS) is 17.1. The van der Waals surface area contributed by atoms with Gasteiger partial charge in [-0.3, -0.25) is 10.3 Å². The third-order valence-corrected chi connectivity index (χ3v) is 3.72. The van der Waals surface area contributed by atoms with Crippen molar-refractivity contribution in [1.29, 1.82) is 0 Å². The molecule has 120 valence electrons. The molecule has 3 rings (SSSR count). The van der Waals surface area contributed by atoms with E-state index in [4.69, 9.17) is 4.74 Å². The van der Waals surface area contributed by atoms with Gasteiger partial charge in [0.2, 0.25) is 0 Å². The Labute approximate surface area is 135 Å². The van der Waals surface area contributed by atoms with E-state index in [1.807, 2.05) is 38.1 Å². The molecule has 0 aromatic carbocycles. The minimum absolute atomic E-state index is 0.00959. The number of hydrogen-bond donors (Lipinski definition) is 1. The average molecular weight is 312 g/mol. The fourth-order valence-electron chi connectivity index (χ4n) is 2.71. The number of hydrogen-bond acceptors (Lipinski definition) is 4. The Morgan fingerprint density at radius 2 is 2.09 bits per heavy atom. The second kappa shape index (κ2) is 6.64. The van der Waals surface area contributed by atoms with Crippen molar-refractivity contribution in [2.24, 2.45) is 0 Å². The van der Waals surface area contributed by atoms with E-state index in [1.54, 1.807) is 17.3 Å². The van der Waals surface area contributed by atoms with Crippen LogP contribution in [0.1, 0.15) is 17.7 Å². The van der Waals surface area contributed by atoms with Gasteiger partial charge in [-0.1, -0.05) is 0 Å². The molecule has 1 saturated heterocycles. The number of rotatable bonds is 3. The van der Waals surface area contributed by atoms with Crippen LogP contribution in [-0.4, -0.2) is 40.1 Å². The van der Waals surface area contributed by atoms with Gasteiger partial charge in [0.25, 0.3) is 0 Å². The molecule has 0 unspecified atom stereocenters. The minimum atomic E-state index is -0.136. The summed E-state index contributed by atoms with van der Waals surface area (Å²) >= 11 is 0. The summed E-state index contributed by atoms with van der Waals surface area (Å²) in [5.74, 6) is 1.37. The molecule has 1 N–H and O–H groups in total. The fraction of sp³-hybridized carbons (Fsp3) is 0.353. The van der Waals surface area contributed by atoms with Crippen LogP contribution in [0.3, 0.4) is 0 Å². The molecule has 1 atom stereocenters. The summed E-state index contributed by atoms with van der Waals surface area (Å²) in [6.45, 7) is 5.14. The summed E-state index contributed by atoms with van der Waals surface area (Å²) in [4.78, 5) is 22.4. The molecule has 2 aromatic rings. The monoisotopic (exact) mass is 312 g/mol. The standard InChI is InChI=1S/C17H20N4O2/c1-12-9-13(2)19-16(10-12)20-17(22)21-8-5-15(11-21)23-14-3-6-18-7-4-14/h3-4,6-7,9-10,15H,5,8,11H2,1-2H3,(H,19,20,22)/t15-/m1/s1. The van der Waals surface area contributed by atoms with Crippen LogP contribution in [0.4, 0.5) is 10.6 Å². The van der Waals surface area contributed by atoms with Gasteiger partial charge in [-0.15, -0.1) is 0 Å². The lowest BCUT2D eigenvalue weighted by Crippen LogP contribution is -2.34. The van der Waals surface area contributed by atoms with Gasteiger partial charge in [-0.05, 0) is 43.7 Å². The van der Waals surface area contributed by atoms with Crippen LogP contribution >= 0.6 is 0 Å². The van der Waals surface area contributed by atoms with Crippen LogP contribution in [0.5, 0.6) is 5.75 Å². The third kappa shape index (κ3) is 3.97. The van der Waals surface area contributed by atoms with E-state index in [9.17, 15) is 4.79 Å². The molecule has 0 aliphatic carbocycles. The molecule has 1 aliphatic heterocycles. The number of pyridine rings is 2. The Kier molecular flexibility index (Phi) is 4.41. The van der Waals surface area contributed by atoms with Gasteiger partial charge in [0, 0.05) is 31.1 Å². The van der Waals surface area contributed by atoms with Gasteiger partial charge in [-0.25, -0.2) is 9.78 Å². The van der Waals surface area contributed by atoms with Crippen molar-refractivity contribution in [3.05, 3.63) is 47.9 Å². The van der Waals surface area contributed by atoms with Gasteiger partial charge >= 0.3 is 6.03 Å². The Hall–Kier alpha value is -2.63. The number of carbonyl (C=O) groups excluding carboxylic acids is 1. The van der Waals surface area contributed by atoms with Gasteiger partial charge in [0.05, 0.1) is 6.54 Å². The molecule has 6 heteroatoms. The summed E-state index contributed by atoms with van der Waals surface area (Å²) in [5.41, 5.74) is 1.97. The maximum Gasteiger partial charge on any atom is 0.323 e. The molecule has 23 heavy (non-hydrogen) atoms. The van der Waals surface area contributed by atoms with Crippen LogP contribution in [0, 0.1) is 13.8 Å². The number of urea groups is 1. The molecule has 0 bridgehead atoms. The van der Waals surface area contributed by atoms with E-state index < -0.39 is 0 Å². The number of likely N-dealkylation sites (tertiary alicyclic amines) is 1. The van der Waals surface area contributed by atoms with E-state index >= 15 is 0 Å². The van der Waals surface area contributed by atoms with E-state index in [2.05, 4.69) is 15.3 Å². The first-order valence-corrected chi connectivity index (χ1v) is 7.68. The van der Waals surface area contributed by atoms with Crippen molar-refractivity contribution in [3.63, 3.8) is 0 Å². The summed E-state index contributed by atoms with van der Waals surface area (Å²) < 4.78 is 5.87. The van der Waals surface area contributed by atoms with Crippen molar-refractivity contribution in [3.8, 4) is 5.75 Å². The first-order chi connectivity index (χ1) is 11.1. The lowest BCUT2D eigenvalue weighted by atomic mass is 10.2. The zero-order valence-corrected chi connectivity index (χ0v) is 13.3. The molecule has 2 aromatic heterocycles. The maximum absolute atomic E-state index is 12.3. The third-order valence-electron chi connectivity index (χ3n) is 3.72. The second-order valence-electron chi connectivity index (χ2n) is 5.76. The Balaban J connectivity index is 1.57. The van der Waals surface area contributed by atoms with Crippen LogP contribution < -0.4 is 10.1 Å². The number of amides is 2. The molecule has 2 amide bonds. The number of carbonyl (C=O) groups is 1. The van der Waals surface area contributed by atoms with Crippen LogP contribution in [0.2, 0.25) is 0 Å². The molecule has 0 spiro atoms. The topological polar surface area (TPSA) is 67.4 Å². The minimum Gasteiger partial charge on any atom is -0.488 e. The molecule has 1 fully saturated rings. The molecular weight excluding hydrogens is 292 g/mol. The average Bonchev–Trinajstić information content (AvgIpc) is 2.96. The Morgan fingerprint density at radius 1 is 1.30 bits per heavy atom. The highest BCUT2D eigenvalue weighted by Crippen LogP contribution is 2.18. The van der Waals surface area contributed by atoms with Gasteiger partial charge in [0.15, 0.2) is 0 Å². The van der Waals surface area contributed by atoms with Gasteiger partial charge in [-0.2, -0.15) is 0 Å². The largest absolute Gasteiger partial charge is 0.488 e. The Bertz CT molecular complexity index is 670. The smallest absolute Gasteiger partial charge is 0.323 e. The predicted molar refractivity (Wildman–Crippen MR) is 87.6 cm³/mol. The predicted octanol–water partition coefficient (Wildman–Crippen LogP) is 2.78. The van der Waals surface area contributed by atoms with E-state index in [1.165, 1.54) is 0 Å². The van der Waals surface area contributed by atoms with Crippen LogP contribution in [0.25, 0.3) is 0 Å². The number of aryl methyl sites for hydroxylation is 2. The highest BCUT2D eigenvalue weighted by molar-refractivity contribution is 5.88. The SMILES string of the molecule is Cc1cc(C)nc(NC(=O)N2CC[C@@H](Oc3ccncc3)C2)c1. The zero-order chi connectivity index (χ0) is 16.2. The quantitative estimate of drug-likeness (QED) is 0.946. The van der Waals surface area contributed by atoms with Crippen LogP contribution in [-0.2, 0) is 0 Å². The van der Waals surface area contributed by atoms with Crippen molar-refractivity contribution < 1.29 is 9.53 Å². The number of nitrogens with zero attached hydrogens (tertiary/aromatic N) is 3. The zero-order valence-electron chi connectivity index (χ0n) is 13.3. The van der Waals surface area contributed by atoms with Gasteiger partial charge < -0.3 is 9.64 Å². The lowest BCUT2D eigenvalue weighted by molar-refractivity contribution is 0.194. The fourth-order valence-corrected chi connectivity index (χ4v) is 2.71. The number of aromatic nitrogens is 2. The van der Waals surface area contributed by atoms with Gasteiger partial charge in [0.1, 0.15) is 17.7 Å². The molecule has 6 nitrogen and oxygen atoms in total. The van der Waals surface area contributed by atoms with Crippen molar-refractivity contribution >= 4 is 11.8 Å². The van der Waals surface area contributed by atoms with E-state index in [0.29, 0.717) is 18.9 Å². The molecule has 0 radical (unpaired) electrons. The first kappa shape index (κ1) is 15.3. The van der Waals surface area contributed by atoms with E-state index in [0.717, 1.165) is 23.4 Å². The van der Waals surface area contributed by atoms with Crippen molar-refractivity contribution in [2.75, 3.05) is 18.4 Å². The number of nitrogens with one attached hydrogen (secondary N) is 1. The molecular formula is C17H20N4O2. The summed E-state index contributed by atoms with van der Waals surface area (Å²) in [6, 6.07) is 7.35. The van der Waals surface area contributed by atoms with E-state index in [-0.39, 0.29) is 12.1 Å². The van der Waals surface area contributed by atoms with Crippen LogP contribution in [0.15, 0.2) is 36.7 Å². The second-order valence-corrected chi connectivity index (χ2v) is 5.76. The highest BCUT2D eigenvalue weighted by atomic mass is 16.5. The summed E-state index contributed by atoms with van der Waals surface area (Å²) in [7, 11) is 0. The number of ether oxygens (including phenoxy) is 1. The molecule has 3 heterocycles. The number of anilines is 1. The first-order valence-electron chi connectivity index (χ1n) is 7.68. The Morgan fingerprint density at radius 3 is 2.83 bits per heavy atom. The van der Waals surface area contributed by atoms with Crippen molar-refractivity contribution in [2.45, 2.75) is 26.4 Å². The highest BCUT2D eigenvalue weighted by Gasteiger charge is 2.27. The summed E-state index contributed by atoms with van der Waals surface area (Å²) in [6.07, 6.45) is 4.21. The molecule has 0 saturated carbocycles. The lowest BCUT2D eigenvalue weighted by Gasteiger charge is -2.18. The maximum atomic E-state index is 12.3. The van der Waals surface area contributed by atoms with Crippen molar-refractivity contribution in [1.82, 2.24) is 14.9 Å². The summed E-state index contributed by atoms with van der Waals surface area (Å²) in [5, 5.41) is 2.86. The molecule has 1 aliphatic rings.